The summed E-state index contributed by atoms with van der Waals surface area (Å²) in [6.07, 6.45) is 0. The molecule has 1 aromatic carbocycles. The molecule has 1 heterocycles. The van der Waals surface area contributed by atoms with Crippen molar-refractivity contribution in [1.82, 2.24) is 9.78 Å². The van der Waals surface area contributed by atoms with Gasteiger partial charge < -0.3 is 5.73 Å². The molecule has 3 heteroatoms. The number of fused-ring (bicyclic) bond motifs is 1. The second-order valence-corrected chi connectivity index (χ2v) is 3.25. The zero-order valence-corrected chi connectivity index (χ0v) is 7.91. The van der Waals surface area contributed by atoms with Crippen molar-refractivity contribution in [3.63, 3.8) is 0 Å². The Balaban J connectivity index is 2.86. The molecule has 0 aliphatic rings. The summed E-state index contributed by atoms with van der Waals surface area (Å²) in [7, 11) is 1.93. The van der Waals surface area contributed by atoms with Crippen molar-refractivity contribution in [3.05, 3.63) is 29.5 Å². The van der Waals surface area contributed by atoms with Crippen molar-refractivity contribution in [2.75, 3.05) is 0 Å². The number of hydrogen-bond donors (Lipinski definition) is 1. The molecule has 0 aliphatic carbocycles. The highest BCUT2D eigenvalue weighted by Gasteiger charge is 2.07. The molecule has 0 saturated carbocycles. The number of aromatic nitrogens is 2. The predicted octanol–water partition coefficient (Wildman–Crippen LogP) is 1.34. The third-order valence-electron chi connectivity index (χ3n) is 2.38. The molecule has 0 fully saturated rings. The lowest BCUT2D eigenvalue weighted by Gasteiger charge is -1.96. The summed E-state index contributed by atoms with van der Waals surface area (Å²) in [5.74, 6) is 0. The molecule has 0 bridgehead atoms. The zero-order chi connectivity index (χ0) is 9.42. The Morgan fingerprint density at radius 1 is 1.46 bits per heavy atom. The Hall–Kier alpha value is -1.35. The highest BCUT2D eigenvalue weighted by atomic mass is 15.3. The van der Waals surface area contributed by atoms with Gasteiger partial charge >= 0.3 is 0 Å². The first-order valence-electron chi connectivity index (χ1n) is 4.35. The number of nitrogens with two attached hydrogens (primary N) is 1. The lowest BCUT2D eigenvalue weighted by Crippen LogP contribution is -2.04. The minimum Gasteiger partial charge on any atom is -0.325 e. The average molecular weight is 175 g/mol. The second-order valence-electron chi connectivity index (χ2n) is 3.25. The van der Waals surface area contributed by atoms with Crippen LogP contribution in [0, 0.1) is 6.92 Å². The van der Waals surface area contributed by atoms with Gasteiger partial charge in [0, 0.05) is 19.0 Å². The Kier molecular flexibility index (Phi) is 1.81. The van der Waals surface area contributed by atoms with Crippen LogP contribution in [-0.4, -0.2) is 9.78 Å². The van der Waals surface area contributed by atoms with Gasteiger partial charge in [0.25, 0.3) is 0 Å². The quantitative estimate of drug-likeness (QED) is 0.710. The van der Waals surface area contributed by atoms with Gasteiger partial charge in [-0.05, 0) is 12.5 Å². The fourth-order valence-electron chi connectivity index (χ4n) is 1.65. The Labute approximate surface area is 77.2 Å². The normalized spacial score (nSPS) is 11.0. The molecule has 2 aromatic rings. The summed E-state index contributed by atoms with van der Waals surface area (Å²) in [5, 5.41) is 5.59. The predicted molar refractivity (Wildman–Crippen MR) is 53.3 cm³/mol. The summed E-state index contributed by atoms with van der Waals surface area (Å²) in [6, 6.07) is 6.17. The lowest BCUT2D eigenvalue weighted by atomic mass is 10.1. The number of nitrogens with zero attached hydrogens (tertiary/aromatic N) is 2. The lowest BCUT2D eigenvalue weighted by molar-refractivity contribution is 0.721. The molecule has 0 radical (unpaired) electrons. The summed E-state index contributed by atoms with van der Waals surface area (Å²) >= 11 is 0. The van der Waals surface area contributed by atoms with Crippen LogP contribution in [0.3, 0.4) is 0 Å². The summed E-state index contributed by atoms with van der Waals surface area (Å²) in [6.45, 7) is 2.60. The van der Waals surface area contributed by atoms with Gasteiger partial charge in [-0.15, -0.1) is 0 Å². The van der Waals surface area contributed by atoms with Crippen LogP contribution in [-0.2, 0) is 13.6 Å². The van der Waals surface area contributed by atoms with Gasteiger partial charge in [-0.25, -0.2) is 0 Å². The van der Waals surface area contributed by atoms with Crippen LogP contribution in [0.2, 0.25) is 0 Å². The number of hydrogen-bond acceptors (Lipinski definition) is 2. The molecule has 0 atom stereocenters. The van der Waals surface area contributed by atoms with E-state index in [1.807, 2.05) is 17.8 Å². The molecule has 0 aliphatic heterocycles. The molecule has 3 nitrogen and oxygen atoms in total. The van der Waals surface area contributed by atoms with E-state index in [0.29, 0.717) is 6.54 Å². The monoisotopic (exact) mass is 175 g/mol. The molecule has 2 rings (SSSR count). The summed E-state index contributed by atoms with van der Waals surface area (Å²) in [5.41, 5.74) is 9.01. The molecule has 0 unspecified atom stereocenters. The van der Waals surface area contributed by atoms with Crippen LogP contribution in [0.15, 0.2) is 18.2 Å². The van der Waals surface area contributed by atoms with E-state index in [-0.39, 0.29) is 0 Å². The van der Waals surface area contributed by atoms with Gasteiger partial charge in [-0.3, -0.25) is 4.68 Å². The van der Waals surface area contributed by atoms with Gasteiger partial charge in [-0.2, -0.15) is 5.10 Å². The largest absolute Gasteiger partial charge is 0.325 e. The Morgan fingerprint density at radius 3 is 2.92 bits per heavy atom. The van der Waals surface area contributed by atoms with E-state index in [1.165, 1.54) is 10.9 Å². The molecule has 13 heavy (non-hydrogen) atoms. The fourth-order valence-corrected chi connectivity index (χ4v) is 1.65. The van der Waals surface area contributed by atoms with Crippen LogP contribution < -0.4 is 5.73 Å². The van der Waals surface area contributed by atoms with E-state index in [4.69, 9.17) is 5.73 Å². The van der Waals surface area contributed by atoms with Gasteiger partial charge in [0.2, 0.25) is 0 Å². The van der Waals surface area contributed by atoms with Crippen molar-refractivity contribution >= 4 is 10.9 Å². The van der Waals surface area contributed by atoms with Crippen molar-refractivity contribution in [2.24, 2.45) is 12.8 Å². The smallest absolute Gasteiger partial charge is 0.0955 e. The zero-order valence-electron chi connectivity index (χ0n) is 7.91. The molecular formula is C10H13N3. The minimum absolute atomic E-state index is 0.538. The number of benzene rings is 1. The maximum atomic E-state index is 5.65. The number of rotatable bonds is 1. The standard InChI is InChI=1S/C10H13N3/c1-7-4-3-5-8-9(6-11)13(2)12-10(7)8/h3-5H,6,11H2,1-2H3. The van der Waals surface area contributed by atoms with Crippen molar-refractivity contribution in [3.8, 4) is 0 Å². The van der Waals surface area contributed by atoms with Crippen molar-refractivity contribution in [2.45, 2.75) is 13.5 Å². The van der Waals surface area contributed by atoms with Gasteiger partial charge in [0.1, 0.15) is 0 Å². The second kappa shape index (κ2) is 2.85. The van der Waals surface area contributed by atoms with Crippen LogP contribution in [0.25, 0.3) is 10.9 Å². The Bertz CT molecular complexity index is 443. The SMILES string of the molecule is Cc1cccc2c(CN)n(C)nc12. The van der Waals surface area contributed by atoms with Crippen LogP contribution in [0.5, 0.6) is 0 Å². The minimum atomic E-state index is 0.538. The molecule has 1 aromatic heterocycles. The summed E-state index contributed by atoms with van der Waals surface area (Å²) < 4.78 is 1.86. The van der Waals surface area contributed by atoms with E-state index in [2.05, 4.69) is 24.2 Å². The number of aryl methyl sites for hydroxylation is 2. The van der Waals surface area contributed by atoms with Gasteiger partial charge in [0.05, 0.1) is 11.2 Å². The molecule has 2 N–H and O–H groups in total. The van der Waals surface area contributed by atoms with E-state index >= 15 is 0 Å². The molecule has 0 spiro atoms. The van der Waals surface area contributed by atoms with E-state index in [0.717, 1.165) is 11.2 Å². The highest BCUT2D eigenvalue weighted by molar-refractivity contribution is 5.84. The third kappa shape index (κ3) is 1.12. The van der Waals surface area contributed by atoms with Crippen LogP contribution >= 0.6 is 0 Å². The maximum absolute atomic E-state index is 5.65. The van der Waals surface area contributed by atoms with Gasteiger partial charge in [0.15, 0.2) is 0 Å². The first kappa shape index (κ1) is 8.26. The fraction of sp³-hybridized carbons (Fsp3) is 0.300. The van der Waals surface area contributed by atoms with Crippen molar-refractivity contribution < 1.29 is 0 Å². The molecule has 0 amide bonds. The maximum Gasteiger partial charge on any atom is 0.0955 e. The van der Waals surface area contributed by atoms with E-state index in [9.17, 15) is 0 Å². The third-order valence-corrected chi connectivity index (χ3v) is 2.38. The van der Waals surface area contributed by atoms with E-state index in [1.54, 1.807) is 0 Å². The van der Waals surface area contributed by atoms with Crippen LogP contribution in [0.4, 0.5) is 0 Å². The topological polar surface area (TPSA) is 43.8 Å². The first-order valence-corrected chi connectivity index (χ1v) is 4.35. The van der Waals surface area contributed by atoms with E-state index < -0.39 is 0 Å². The van der Waals surface area contributed by atoms with Gasteiger partial charge in [-0.1, -0.05) is 18.2 Å². The Morgan fingerprint density at radius 2 is 2.23 bits per heavy atom. The molecule has 68 valence electrons. The highest BCUT2D eigenvalue weighted by Crippen LogP contribution is 2.19. The molecule has 0 saturated heterocycles. The summed E-state index contributed by atoms with van der Waals surface area (Å²) in [4.78, 5) is 0. The van der Waals surface area contributed by atoms with Crippen LogP contribution in [0.1, 0.15) is 11.3 Å². The molecular weight excluding hydrogens is 162 g/mol. The van der Waals surface area contributed by atoms with Crippen molar-refractivity contribution in [1.29, 1.82) is 0 Å². The first-order chi connectivity index (χ1) is 6.24. The average Bonchev–Trinajstić information content (AvgIpc) is 2.43.